The Kier molecular flexibility index (Phi) is 3.55. The predicted octanol–water partition coefficient (Wildman–Crippen LogP) is 4.05. The lowest BCUT2D eigenvalue weighted by Gasteiger charge is -2.13. The largest absolute Gasteiger partial charge is 0.497 e. The number of benzene rings is 3. The summed E-state index contributed by atoms with van der Waals surface area (Å²) in [4.78, 5) is 0. The first-order valence-corrected chi connectivity index (χ1v) is 6.85. The number of anilines is 3. The van der Waals surface area contributed by atoms with Crippen LogP contribution in [0.2, 0.25) is 0 Å². The van der Waals surface area contributed by atoms with Crippen LogP contribution in [0.1, 0.15) is 5.56 Å². The van der Waals surface area contributed by atoms with Gasteiger partial charge in [-0.25, -0.2) is 0 Å². The van der Waals surface area contributed by atoms with Gasteiger partial charge >= 0.3 is 0 Å². The number of nitrogen functional groups attached to an aromatic ring is 1. The van der Waals surface area contributed by atoms with Gasteiger partial charge in [0, 0.05) is 22.5 Å². The highest BCUT2D eigenvalue weighted by atomic mass is 16.5. The Balaban J connectivity index is 2.07. The van der Waals surface area contributed by atoms with Gasteiger partial charge in [0.2, 0.25) is 0 Å². The van der Waals surface area contributed by atoms with Crippen molar-refractivity contribution in [3.63, 3.8) is 0 Å². The Morgan fingerprint density at radius 1 is 1.00 bits per heavy atom. The Hall–Kier alpha value is -3.19. The van der Waals surface area contributed by atoms with E-state index in [4.69, 9.17) is 10.5 Å². The van der Waals surface area contributed by atoms with Gasteiger partial charge < -0.3 is 15.8 Å². The van der Waals surface area contributed by atoms with Gasteiger partial charge in [0.15, 0.2) is 0 Å². The number of nitrogens with two attached hydrogens (primary N) is 1. The molecule has 108 valence electrons. The molecule has 3 N–H and O–H groups in total. The van der Waals surface area contributed by atoms with E-state index in [1.807, 2.05) is 48.5 Å². The third kappa shape index (κ3) is 2.40. The van der Waals surface area contributed by atoms with E-state index < -0.39 is 0 Å². The van der Waals surface area contributed by atoms with Crippen LogP contribution in [0.4, 0.5) is 17.1 Å². The normalized spacial score (nSPS) is 10.2. The standard InChI is InChI=1S/C18H15N3O/c1-22-13-7-9-18(16(20)10-13)21-17-8-6-12(11-19)14-4-2-3-5-15(14)17/h2-10,21H,20H2,1H3. The number of nitriles is 1. The molecule has 0 spiro atoms. The molecule has 3 aromatic rings. The molecular formula is C18H15N3O. The lowest BCUT2D eigenvalue weighted by atomic mass is 10.0. The summed E-state index contributed by atoms with van der Waals surface area (Å²) in [6.45, 7) is 0. The second-order valence-electron chi connectivity index (χ2n) is 4.90. The van der Waals surface area contributed by atoms with Gasteiger partial charge in [-0.2, -0.15) is 5.26 Å². The highest BCUT2D eigenvalue weighted by Gasteiger charge is 2.07. The first-order valence-electron chi connectivity index (χ1n) is 6.85. The van der Waals surface area contributed by atoms with Crippen LogP contribution < -0.4 is 15.8 Å². The molecule has 0 aliphatic carbocycles. The summed E-state index contributed by atoms with van der Waals surface area (Å²) >= 11 is 0. The quantitative estimate of drug-likeness (QED) is 0.714. The number of hydrogen-bond acceptors (Lipinski definition) is 4. The minimum absolute atomic E-state index is 0.604. The summed E-state index contributed by atoms with van der Waals surface area (Å²) < 4.78 is 5.16. The smallest absolute Gasteiger partial charge is 0.121 e. The van der Waals surface area contributed by atoms with Crippen molar-refractivity contribution >= 4 is 27.8 Å². The molecule has 0 unspecified atom stereocenters. The van der Waals surface area contributed by atoms with Gasteiger partial charge in [-0.15, -0.1) is 0 Å². The molecule has 22 heavy (non-hydrogen) atoms. The number of nitrogens with zero attached hydrogens (tertiary/aromatic N) is 1. The number of ether oxygens (including phenoxy) is 1. The second-order valence-corrected chi connectivity index (χ2v) is 4.90. The van der Waals surface area contributed by atoms with Gasteiger partial charge in [0.1, 0.15) is 5.75 Å². The van der Waals surface area contributed by atoms with Crippen molar-refractivity contribution in [2.75, 3.05) is 18.2 Å². The first-order chi connectivity index (χ1) is 10.7. The van der Waals surface area contributed by atoms with Crippen LogP contribution in [0.3, 0.4) is 0 Å². The number of fused-ring (bicyclic) bond motifs is 1. The van der Waals surface area contributed by atoms with E-state index >= 15 is 0 Å². The zero-order chi connectivity index (χ0) is 15.5. The molecule has 4 nitrogen and oxygen atoms in total. The maximum Gasteiger partial charge on any atom is 0.121 e. The van der Waals surface area contributed by atoms with Crippen molar-refractivity contribution in [2.24, 2.45) is 0 Å². The van der Waals surface area contributed by atoms with E-state index in [1.54, 1.807) is 13.2 Å². The molecule has 0 heterocycles. The van der Waals surface area contributed by atoms with Crippen molar-refractivity contribution in [1.29, 1.82) is 5.26 Å². The van der Waals surface area contributed by atoms with Crippen molar-refractivity contribution < 1.29 is 4.74 Å². The summed E-state index contributed by atoms with van der Waals surface area (Å²) in [5, 5.41) is 14.4. The summed E-state index contributed by atoms with van der Waals surface area (Å²) in [6.07, 6.45) is 0. The van der Waals surface area contributed by atoms with Crippen molar-refractivity contribution in [1.82, 2.24) is 0 Å². The molecule has 0 amide bonds. The third-order valence-corrected chi connectivity index (χ3v) is 3.57. The maximum atomic E-state index is 9.21. The fraction of sp³-hybridized carbons (Fsp3) is 0.0556. The summed E-state index contributed by atoms with van der Waals surface area (Å²) in [5.74, 6) is 0.715. The Morgan fingerprint density at radius 3 is 2.41 bits per heavy atom. The lowest BCUT2D eigenvalue weighted by Crippen LogP contribution is -1.98. The SMILES string of the molecule is COc1ccc(Nc2ccc(C#N)c3ccccc23)c(N)c1. The van der Waals surface area contributed by atoms with Crippen LogP contribution in [-0.2, 0) is 0 Å². The van der Waals surface area contributed by atoms with Gasteiger partial charge in [-0.3, -0.25) is 0 Å². The Bertz CT molecular complexity index is 881. The molecule has 0 aromatic heterocycles. The molecule has 0 bridgehead atoms. The van der Waals surface area contributed by atoms with Crippen LogP contribution in [0.5, 0.6) is 5.75 Å². The van der Waals surface area contributed by atoms with E-state index in [9.17, 15) is 5.26 Å². The second kappa shape index (κ2) is 5.66. The zero-order valence-corrected chi connectivity index (χ0v) is 12.1. The Labute approximate surface area is 128 Å². The molecular weight excluding hydrogens is 274 g/mol. The van der Waals surface area contributed by atoms with E-state index in [1.165, 1.54) is 0 Å². The Morgan fingerprint density at radius 2 is 1.73 bits per heavy atom. The van der Waals surface area contributed by atoms with Crippen LogP contribution in [0.15, 0.2) is 54.6 Å². The number of methoxy groups -OCH3 is 1. The molecule has 4 heteroatoms. The molecule has 0 saturated carbocycles. The predicted molar refractivity (Wildman–Crippen MR) is 89.4 cm³/mol. The molecule has 0 fully saturated rings. The topological polar surface area (TPSA) is 71.1 Å². The lowest BCUT2D eigenvalue weighted by molar-refractivity contribution is 0.415. The van der Waals surface area contributed by atoms with Crippen LogP contribution in [0.25, 0.3) is 10.8 Å². The van der Waals surface area contributed by atoms with Crippen LogP contribution in [0, 0.1) is 11.3 Å². The highest BCUT2D eigenvalue weighted by molar-refractivity contribution is 5.99. The minimum atomic E-state index is 0.604. The van der Waals surface area contributed by atoms with Gasteiger partial charge in [-0.05, 0) is 24.3 Å². The molecule has 0 saturated heterocycles. The molecule has 0 radical (unpaired) electrons. The number of nitrogens with one attached hydrogen (secondary N) is 1. The number of hydrogen-bond donors (Lipinski definition) is 2. The van der Waals surface area contributed by atoms with Crippen molar-refractivity contribution in [3.8, 4) is 11.8 Å². The minimum Gasteiger partial charge on any atom is -0.497 e. The summed E-state index contributed by atoms with van der Waals surface area (Å²) in [7, 11) is 1.61. The fourth-order valence-corrected chi connectivity index (χ4v) is 2.43. The molecule has 0 atom stereocenters. The molecule has 0 aliphatic heterocycles. The molecule has 3 rings (SSSR count). The van der Waals surface area contributed by atoms with Crippen molar-refractivity contribution in [2.45, 2.75) is 0 Å². The zero-order valence-electron chi connectivity index (χ0n) is 12.1. The summed E-state index contributed by atoms with van der Waals surface area (Å²) in [5.41, 5.74) is 9.02. The van der Waals surface area contributed by atoms with Crippen LogP contribution in [-0.4, -0.2) is 7.11 Å². The van der Waals surface area contributed by atoms with Crippen LogP contribution >= 0.6 is 0 Å². The van der Waals surface area contributed by atoms with Crippen molar-refractivity contribution in [3.05, 3.63) is 60.2 Å². The monoisotopic (exact) mass is 289 g/mol. The first kappa shape index (κ1) is 13.8. The average molecular weight is 289 g/mol. The molecule has 3 aromatic carbocycles. The summed E-state index contributed by atoms with van der Waals surface area (Å²) in [6, 6.07) is 19.2. The maximum absolute atomic E-state index is 9.21. The van der Waals surface area contributed by atoms with E-state index in [-0.39, 0.29) is 0 Å². The van der Waals surface area contributed by atoms with Gasteiger partial charge in [0.05, 0.1) is 30.1 Å². The molecule has 0 aliphatic rings. The average Bonchev–Trinajstić information content (AvgIpc) is 2.56. The fourth-order valence-electron chi connectivity index (χ4n) is 2.43. The van der Waals surface area contributed by atoms with E-state index in [2.05, 4.69) is 11.4 Å². The number of rotatable bonds is 3. The third-order valence-electron chi connectivity index (χ3n) is 3.57. The van der Waals surface area contributed by atoms with Gasteiger partial charge in [0.25, 0.3) is 0 Å². The van der Waals surface area contributed by atoms with E-state index in [0.29, 0.717) is 17.0 Å². The van der Waals surface area contributed by atoms with E-state index in [0.717, 1.165) is 22.1 Å². The van der Waals surface area contributed by atoms with Gasteiger partial charge in [-0.1, -0.05) is 24.3 Å². The highest BCUT2D eigenvalue weighted by Crippen LogP contribution is 2.32.